The molecule has 0 aliphatic carbocycles. The number of fused-ring (bicyclic) bond motifs is 2. The second kappa shape index (κ2) is 5.94. The van der Waals surface area contributed by atoms with Crippen LogP contribution in [0.4, 0.5) is 19.0 Å². The van der Waals surface area contributed by atoms with E-state index < -0.39 is 11.7 Å². The van der Waals surface area contributed by atoms with Crippen LogP contribution in [-0.4, -0.2) is 26.1 Å². The summed E-state index contributed by atoms with van der Waals surface area (Å²) in [5, 5.41) is 4.76. The standard InChI is InChI=1S/C19H20F3N5/c1-10-11(2)18(25-27-13(4)12(3)24-17(10)27)26-6-5-16-14(9-26)7-15(8-23-16)19(20,21)22/h7-8H,5-6,9H2,1-4H3. The zero-order valence-corrected chi connectivity index (χ0v) is 15.6. The summed E-state index contributed by atoms with van der Waals surface area (Å²) in [7, 11) is 0. The van der Waals surface area contributed by atoms with E-state index in [-0.39, 0.29) is 0 Å². The first-order valence-corrected chi connectivity index (χ1v) is 8.80. The van der Waals surface area contributed by atoms with Crippen LogP contribution in [0.2, 0.25) is 0 Å². The van der Waals surface area contributed by atoms with E-state index in [4.69, 9.17) is 5.10 Å². The lowest BCUT2D eigenvalue weighted by Gasteiger charge is -2.31. The number of pyridine rings is 1. The number of aromatic nitrogens is 4. The normalized spacial score (nSPS) is 14.7. The second-order valence-corrected chi connectivity index (χ2v) is 7.09. The summed E-state index contributed by atoms with van der Waals surface area (Å²) in [5.74, 6) is 0.781. The quantitative estimate of drug-likeness (QED) is 0.646. The number of rotatable bonds is 1. The third kappa shape index (κ3) is 2.83. The average Bonchev–Trinajstić information content (AvgIpc) is 2.91. The van der Waals surface area contributed by atoms with Gasteiger partial charge >= 0.3 is 6.18 Å². The lowest BCUT2D eigenvalue weighted by Crippen LogP contribution is -2.33. The Morgan fingerprint density at radius 3 is 2.52 bits per heavy atom. The molecule has 0 amide bonds. The third-order valence-corrected chi connectivity index (χ3v) is 5.41. The van der Waals surface area contributed by atoms with Crippen molar-refractivity contribution in [2.24, 2.45) is 0 Å². The maximum atomic E-state index is 13.0. The Kier molecular flexibility index (Phi) is 3.90. The van der Waals surface area contributed by atoms with Crippen LogP contribution in [0.15, 0.2) is 12.3 Å². The molecule has 1 aliphatic rings. The summed E-state index contributed by atoms with van der Waals surface area (Å²) in [6, 6.07) is 1.21. The first-order chi connectivity index (χ1) is 12.7. The Morgan fingerprint density at radius 1 is 1.07 bits per heavy atom. The molecule has 4 heterocycles. The van der Waals surface area contributed by atoms with Gasteiger partial charge in [-0.2, -0.15) is 13.2 Å². The monoisotopic (exact) mass is 375 g/mol. The number of nitrogens with zero attached hydrogens (tertiary/aromatic N) is 5. The van der Waals surface area contributed by atoms with Crippen molar-refractivity contribution in [1.82, 2.24) is 19.6 Å². The van der Waals surface area contributed by atoms with Gasteiger partial charge in [0.1, 0.15) is 0 Å². The van der Waals surface area contributed by atoms with Crippen molar-refractivity contribution in [3.63, 3.8) is 0 Å². The molecule has 0 spiro atoms. The minimum absolute atomic E-state index is 0.359. The average molecular weight is 375 g/mol. The Morgan fingerprint density at radius 2 is 1.81 bits per heavy atom. The van der Waals surface area contributed by atoms with Crippen LogP contribution >= 0.6 is 0 Å². The summed E-state index contributed by atoms with van der Waals surface area (Å²) in [6.45, 7) is 8.92. The van der Waals surface area contributed by atoms with E-state index >= 15 is 0 Å². The van der Waals surface area contributed by atoms with E-state index in [1.165, 1.54) is 6.07 Å². The van der Waals surface area contributed by atoms with Crippen molar-refractivity contribution in [2.75, 3.05) is 11.4 Å². The van der Waals surface area contributed by atoms with Crippen molar-refractivity contribution < 1.29 is 13.2 Å². The largest absolute Gasteiger partial charge is 0.417 e. The number of anilines is 1. The van der Waals surface area contributed by atoms with Gasteiger partial charge in [0.05, 0.1) is 17.0 Å². The maximum Gasteiger partial charge on any atom is 0.417 e. The van der Waals surface area contributed by atoms with Gasteiger partial charge in [-0.1, -0.05) is 0 Å². The predicted octanol–water partition coefficient (Wildman–Crippen LogP) is 3.94. The number of alkyl halides is 3. The molecule has 27 heavy (non-hydrogen) atoms. The van der Waals surface area contributed by atoms with E-state index in [9.17, 15) is 13.2 Å². The number of hydrogen-bond donors (Lipinski definition) is 0. The molecule has 0 radical (unpaired) electrons. The molecule has 5 nitrogen and oxygen atoms in total. The molecule has 4 rings (SSSR count). The SMILES string of the molecule is Cc1nc2c(C)c(C)c(N3CCc4ncc(C(F)(F)F)cc4C3)nn2c1C. The van der Waals surface area contributed by atoms with Crippen LogP contribution < -0.4 is 4.90 Å². The summed E-state index contributed by atoms with van der Waals surface area (Å²) in [5.41, 5.74) is 5.36. The van der Waals surface area contributed by atoms with Crippen LogP contribution in [0.25, 0.3) is 5.65 Å². The van der Waals surface area contributed by atoms with Gasteiger partial charge in [0.25, 0.3) is 0 Å². The summed E-state index contributed by atoms with van der Waals surface area (Å²) in [4.78, 5) is 10.6. The highest BCUT2D eigenvalue weighted by atomic mass is 19.4. The Hall–Kier alpha value is -2.64. The van der Waals surface area contributed by atoms with Gasteiger partial charge in [0.15, 0.2) is 11.5 Å². The van der Waals surface area contributed by atoms with Crippen molar-refractivity contribution >= 4 is 11.5 Å². The number of imidazole rings is 1. The van der Waals surface area contributed by atoms with Crippen LogP contribution in [0.5, 0.6) is 0 Å². The molecule has 8 heteroatoms. The summed E-state index contributed by atoms with van der Waals surface area (Å²) < 4.78 is 40.9. The molecule has 0 saturated carbocycles. The fraction of sp³-hybridized carbons (Fsp3) is 0.421. The molecule has 0 fully saturated rings. The molecule has 0 N–H and O–H groups in total. The topological polar surface area (TPSA) is 46.3 Å². The van der Waals surface area contributed by atoms with Gasteiger partial charge in [0.2, 0.25) is 0 Å². The number of hydrogen-bond acceptors (Lipinski definition) is 4. The van der Waals surface area contributed by atoms with Gasteiger partial charge in [0, 0.05) is 42.5 Å². The lowest BCUT2D eigenvalue weighted by atomic mass is 10.0. The smallest absolute Gasteiger partial charge is 0.350 e. The molecular formula is C19H20F3N5. The van der Waals surface area contributed by atoms with E-state index in [1.54, 1.807) is 0 Å². The first kappa shape index (κ1) is 17.8. The van der Waals surface area contributed by atoms with Gasteiger partial charge < -0.3 is 4.90 Å². The molecule has 0 aromatic carbocycles. The first-order valence-electron chi connectivity index (χ1n) is 8.80. The highest BCUT2D eigenvalue weighted by molar-refractivity contribution is 5.61. The van der Waals surface area contributed by atoms with Gasteiger partial charge in [-0.15, -0.1) is 5.10 Å². The lowest BCUT2D eigenvalue weighted by molar-refractivity contribution is -0.137. The molecular weight excluding hydrogens is 355 g/mol. The second-order valence-electron chi connectivity index (χ2n) is 7.09. The van der Waals surface area contributed by atoms with Gasteiger partial charge in [-0.3, -0.25) is 4.98 Å². The fourth-order valence-corrected chi connectivity index (χ4v) is 3.53. The zero-order chi connectivity index (χ0) is 19.5. The highest BCUT2D eigenvalue weighted by Crippen LogP contribution is 2.33. The molecule has 0 unspecified atom stereocenters. The summed E-state index contributed by atoms with van der Waals surface area (Å²) in [6.07, 6.45) is -2.88. The molecule has 3 aromatic heterocycles. The van der Waals surface area contributed by atoms with Crippen LogP contribution in [0.3, 0.4) is 0 Å². The molecule has 3 aromatic rings. The summed E-state index contributed by atoms with van der Waals surface area (Å²) >= 11 is 0. The van der Waals surface area contributed by atoms with E-state index in [0.717, 1.165) is 45.9 Å². The molecule has 142 valence electrons. The van der Waals surface area contributed by atoms with Crippen molar-refractivity contribution in [3.8, 4) is 0 Å². The Labute approximate surface area is 154 Å². The van der Waals surface area contributed by atoms with Crippen molar-refractivity contribution in [2.45, 2.75) is 46.8 Å². The predicted molar refractivity (Wildman–Crippen MR) is 95.9 cm³/mol. The van der Waals surface area contributed by atoms with Gasteiger partial charge in [-0.25, -0.2) is 9.50 Å². The highest BCUT2D eigenvalue weighted by Gasteiger charge is 2.33. The number of aryl methyl sites for hydroxylation is 3. The van der Waals surface area contributed by atoms with Crippen molar-refractivity contribution in [1.29, 1.82) is 0 Å². The molecule has 1 aliphatic heterocycles. The van der Waals surface area contributed by atoms with E-state index in [0.29, 0.717) is 25.1 Å². The van der Waals surface area contributed by atoms with Crippen molar-refractivity contribution in [3.05, 3.63) is 51.6 Å². The minimum atomic E-state index is -4.39. The fourth-order valence-electron chi connectivity index (χ4n) is 3.53. The molecule has 0 atom stereocenters. The zero-order valence-electron chi connectivity index (χ0n) is 15.6. The Balaban J connectivity index is 1.78. The maximum absolute atomic E-state index is 13.0. The molecule has 0 saturated heterocycles. The van der Waals surface area contributed by atoms with Crippen LogP contribution in [0.1, 0.15) is 39.3 Å². The van der Waals surface area contributed by atoms with Crippen LogP contribution in [-0.2, 0) is 19.1 Å². The third-order valence-electron chi connectivity index (χ3n) is 5.41. The molecule has 0 bridgehead atoms. The Bertz CT molecular complexity index is 1050. The van der Waals surface area contributed by atoms with Gasteiger partial charge in [-0.05, 0) is 39.3 Å². The van der Waals surface area contributed by atoms with Crippen LogP contribution in [0, 0.1) is 27.7 Å². The van der Waals surface area contributed by atoms with E-state index in [2.05, 4.69) is 9.97 Å². The minimum Gasteiger partial charge on any atom is -0.350 e. The number of halogens is 3. The van der Waals surface area contributed by atoms with E-state index in [1.807, 2.05) is 37.1 Å².